The lowest BCUT2D eigenvalue weighted by atomic mass is 10.2. The standard InChI is InChI=1S/C15H18FN5OS/c1-20(15(22)18-12-4-6-23-10-12)9-13-7-11(16)8-21(13)14-3-2-5-17-19-14/h2-6,10-11,13H,7-9H2,1H3,(H,18,22)/t11-,13-/m0/s1. The first-order valence-electron chi connectivity index (χ1n) is 7.36. The van der Waals surface area contributed by atoms with Gasteiger partial charge < -0.3 is 15.1 Å². The van der Waals surface area contributed by atoms with E-state index in [4.69, 9.17) is 0 Å². The Balaban J connectivity index is 1.64. The largest absolute Gasteiger partial charge is 0.347 e. The smallest absolute Gasteiger partial charge is 0.321 e. The van der Waals surface area contributed by atoms with Gasteiger partial charge in [-0.2, -0.15) is 16.4 Å². The summed E-state index contributed by atoms with van der Waals surface area (Å²) in [5, 5.41) is 14.5. The van der Waals surface area contributed by atoms with Gasteiger partial charge in [0.1, 0.15) is 6.17 Å². The molecule has 1 fully saturated rings. The normalized spacial score (nSPS) is 20.5. The fraction of sp³-hybridized carbons (Fsp3) is 0.400. The van der Waals surface area contributed by atoms with Crippen molar-refractivity contribution in [2.45, 2.75) is 18.6 Å². The highest BCUT2D eigenvalue weighted by molar-refractivity contribution is 7.08. The van der Waals surface area contributed by atoms with Crippen molar-refractivity contribution in [2.24, 2.45) is 0 Å². The van der Waals surface area contributed by atoms with Gasteiger partial charge in [0.25, 0.3) is 0 Å². The predicted molar refractivity (Wildman–Crippen MR) is 88.6 cm³/mol. The van der Waals surface area contributed by atoms with Crippen molar-refractivity contribution in [3.63, 3.8) is 0 Å². The molecule has 23 heavy (non-hydrogen) atoms. The number of halogens is 1. The number of alkyl halides is 1. The molecule has 8 heteroatoms. The lowest BCUT2D eigenvalue weighted by Crippen LogP contribution is -2.43. The highest BCUT2D eigenvalue weighted by Crippen LogP contribution is 2.26. The van der Waals surface area contributed by atoms with E-state index in [-0.39, 0.29) is 18.6 Å². The van der Waals surface area contributed by atoms with Gasteiger partial charge in [0.2, 0.25) is 0 Å². The Kier molecular flexibility index (Phi) is 4.71. The highest BCUT2D eigenvalue weighted by atomic mass is 32.1. The van der Waals surface area contributed by atoms with Crippen molar-refractivity contribution in [1.82, 2.24) is 15.1 Å². The number of nitrogens with zero attached hydrogens (tertiary/aromatic N) is 4. The quantitative estimate of drug-likeness (QED) is 0.933. The van der Waals surface area contributed by atoms with Crippen LogP contribution in [0.5, 0.6) is 0 Å². The number of hydrogen-bond donors (Lipinski definition) is 1. The molecule has 2 aromatic rings. The molecule has 1 saturated heterocycles. The summed E-state index contributed by atoms with van der Waals surface area (Å²) in [4.78, 5) is 15.7. The Hall–Kier alpha value is -2.22. The van der Waals surface area contributed by atoms with Crippen LogP contribution in [0.2, 0.25) is 0 Å². The molecule has 3 heterocycles. The highest BCUT2D eigenvalue weighted by Gasteiger charge is 2.34. The summed E-state index contributed by atoms with van der Waals surface area (Å²) >= 11 is 1.52. The minimum atomic E-state index is -0.921. The molecule has 2 amide bonds. The maximum absolute atomic E-state index is 13.9. The summed E-state index contributed by atoms with van der Waals surface area (Å²) in [6.07, 6.45) is 1.05. The molecule has 2 atom stereocenters. The van der Waals surface area contributed by atoms with Gasteiger partial charge in [-0.1, -0.05) is 0 Å². The van der Waals surface area contributed by atoms with Gasteiger partial charge in [-0.3, -0.25) is 0 Å². The molecule has 0 spiro atoms. The van der Waals surface area contributed by atoms with Crippen LogP contribution in [0.3, 0.4) is 0 Å². The van der Waals surface area contributed by atoms with E-state index in [0.29, 0.717) is 18.8 Å². The maximum atomic E-state index is 13.9. The Morgan fingerprint density at radius 2 is 2.43 bits per heavy atom. The van der Waals surface area contributed by atoms with E-state index < -0.39 is 6.17 Å². The van der Waals surface area contributed by atoms with E-state index in [2.05, 4.69) is 15.5 Å². The Bertz CT molecular complexity index is 639. The van der Waals surface area contributed by atoms with Crippen molar-refractivity contribution in [3.05, 3.63) is 35.2 Å². The second-order valence-electron chi connectivity index (χ2n) is 5.54. The third-order valence-corrected chi connectivity index (χ3v) is 4.50. The fourth-order valence-corrected chi connectivity index (χ4v) is 3.30. The Morgan fingerprint density at radius 1 is 1.57 bits per heavy atom. The summed E-state index contributed by atoms with van der Waals surface area (Å²) in [7, 11) is 1.71. The van der Waals surface area contributed by atoms with Crippen LogP contribution in [0.4, 0.5) is 20.7 Å². The zero-order chi connectivity index (χ0) is 16.2. The van der Waals surface area contributed by atoms with E-state index in [0.717, 1.165) is 5.69 Å². The number of nitrogens with one attached hydrogen (secondary N) is 1. The van der Waals surface area contributed by atoms with Gasteiger partial charge in [-0.15, -0.1) is 5.10 Å². The van der Waals surface area contributed by atoms with Gasteiger partial charge in [-0.25, -0.2) is 9.18 Å². The maximum Gasteiger partial charge on any atom is 0.321 e. The molecule has 0 radical (unpaired) electrons. The van der Waals surface area contributed by atoms with Gasteiger partial charge in [-0.05, 0) is 23.6 Å². The third-order valence-electron chi connectivity index (χ3n) is 3.82. The summed E-state index contributed by atoms with van der Waals surface area (Å²) < 4.78 is 13.9. The van der Waals surface area contributed by atoms with Gasteiger partial charge in [0.05, 0.1) is 18.3 Å². The molecule has 0 saturated carbocycles. The summed E-state index contributed by atoms with van der Waals surface area (Å²) in [6.45, 7) is 0.705. The number of carbonyl (C=O) groups excluding carboxylic acids is 1. The van der Waals surface area contributed by atoms with E-state index in [1.807, 2.05) is 27.8 Å². The monoisotopic (exact) mass is 335 g/mol. The van der Waals surface area contributed by atoms with Crippen molar-refractivity contribution in [1.29, 1.82) is 0 Å². The predicted octanol–water partition coefficient (Wildman–Crippen LogP) is 2.62. The second kappa shape index (κ2) is 6.91. The number of carbonyl (C=O) groups is 1. The fourth-order valence-electron chi connectivity index (χ4n) is 2.71. The van der Waals surface area contributed by atoms with Crippen LogP contribution in [-0.4, -0.2) is 53.5 Å². The number of likely N-dealkylation sites (N-methyl/N-ethyl adjacent to an activating group) is 1. The molecule has 1 aliphatic rings. The third kappa shape index (κ3) is 3.76. The Morgan fingerprint density at radius 3 is 3.13 bits per heavy atom. The van der Waals surface area contributed by atoms with Crippen LogP contribution in [0.15, 0.2) is 35.2 Å². The zero-order valence-corrected chi connectivity index (χ0v) is 13.5. The molecule has 122 valence electrons. The molecule has 1 aliphatic heterocycles. The first-order chi connectivity index (χ1) is 11.1. The summed E-state index contributed by atoms with van der Waals surface area (Å²) in [5.41, 5.74) is 0.771. The molecule has 0 bridgehead atoms. The topological polar surface area (TPSA) is 61.4 Å². The molecule has 1 N–H and O–H groups in total. The SMILES string of the molecule is CN(C[C@@H]1C[C@H](F)CN1c1cccnn1)C(=O)Nc1ccsc1. The van der Waals surface area contributed by atoms with Crippen LogP contribution in [0.25, 0.3) is 0 Å². The molecule has 2 aromatic heterocycles. The minimum Gasteiger partial charge on any atom is -0.347 e. The molecule has 0 aliphatic carbocycles. The first-order valence-corrected chi connectivity index (χ1v) is 8.30. The lowest BCUT2D eigenvalue weighted by Gasteiger charge is -2.28. The molecular weight excluding hydrogens is 317 g/mol. The first kappa shape index (κ1) is 15.7. The van der Waals surface area contributed by atoms with E-state index in [1.54, 1.807) is 24.2 Å². The molecule has 0 unspecified atom stereocenters. The number of anilines is 2. The van der Waals surface area contributed by atoms with Crippen LogP contribution < -0.4 is 10.2 Å². The number of hydrogen-bond acceptors (Lipinski definition) is 5. The van der Waals surface area contributed by atoms with Crippen LogP contribution in [0, 0.1) is 0 Å². The van der Waals surface area contributed by atoms with E-state index in [9.17, 15) is 9.18 Å². The lowest BCUT2D eigenvalue weighted by molar-refractivity contribution is 0.218. The summed E-state index contributed by atoms with van der Waals surface area (Å²) in [6, 6.07) is 5.11. The molecular formula is C15H18FN5OS. The van der Waals surface area contributed by atoms with Gasteiger partial charge in [0, 0.05) is 31.6 Å². The molecule has 0 aromatic carbocycles. The second-order valence-corrected chi connectivity index (χ2v) is 6.32. The van der Waals surface area contributed by atoms with Gasteiger partial charge >= 0.3 is 6.03 Å². The molecule has 6 nitrogen and oxygen atoms in total. The molecule has 3 rings (SSSR count). The Labute approximate surface area is 137 Å². The van der Waals surface area contributed by atoms with Crippen molar-refractivity contribution in [2.75, 3.05) is 30.4 Å². The van der Waals surface area contributed by atoms with Crippen LogP contribution in [0.1, 0.15) is 6.42 Å². The minimum absolute atomic E-state index is 0.111. The number of aromatic nitrogens is 2. The van der Waals surface area contributed by atoms with Gasteiger partial charge in [0.15, 0.2) is 5.82 Å². The van der Waals surface area contributed by atoms with Crippen LogP contribution in [-0.2, 0) is 0 Å². The van der Waals surface area contributed by atoms with E-state index in [1.165, 1.54) is 11.3 Å². The number of rotatable bonds is 4. The number of thiophene rings is 1. The van der Waals surface area contributed by atoms with Crippen LogP contribution >= 0.6 is 11.3 Å². The van der Waals surface area contributed by atoms with E-state index >= 15 is 0 Å². The van der Waals surface area contributed by atoms with Crippen molar-refractivity contribution in [3.8, 4) is 0 Å². The average molecular weight is 335 g/mol. The average Bonchev–Trinajstić information content (AvgIpc) is 3.18. The summed E-state index contributed by atoms with van der Waals surface area (Å²) in [5.74, 6) is 0.643. The van der Waals surface area contributed by atoms with Crippen molar-refractivity contribution >= 4 is 28.9 Å². The number of urea groups is 1. The zero-order valence-electron chi connectivity index (χ0n) is 12.7. The van der Waals surface area contributed by atoms with Crippen molar-refractivity contribution < 1.29 is 9.18 Å². The number of amides is 2.